The van der Waals surface area contributed by atoms with E-state index in [2.05, 4.69) is 26.1 Å². The maximum absolute atomic E-state index is 13.4. The summed E-state index contributed by atoms with van der Waals surface area (Å²) in [5, 5.41) is 7.96. The predicted octanol–water partition coefficient (Wildman–Crippen LogP) is 3.60. The van der Waals surface area contributed by atoms with Crippen LogP contribution in [0.3, 0.4) is 0 Å². The zero-order valence-electron chi connectivity index (χ0n) is 9.91. The van der Waals surface area contributed by atoms with E-state index in [-0.39, 0.29) is 11.4 Å². The summed E-state index contributed by atoms with van der Waals surface area (Å²) in [5.41, 5.74) is 0.571. The zero-order chi connectivity index (χ0) is 12.6. The minimum atomic E-state index is -0.294. The topological polar surface area (TPSA) is 30.7 Å². The third-order valence-electron chi connectivity index (χ3n) is 2.39. The fourth-order valence-corrected chi connectivity index (χ4v) is 2.07. The van der Waals surface area contributed by atoms with Crippen LogP contribution in [0.15, 0.2) is 29.0 Å². The zero-order valence-corrected chi connectivity index (χ0v) is 11.5. The highest BCUT2D eigenvalue weighted by Crippen LogP contribution is 2.26. The fourth-order valence-electron chi connectivity index (χ4n) is 1.61. The lowest BCUT2D eigenvalue weighted by Crippen LogP contribution is -2.21. The third kappa shape index (κ3) is 2.54. The lowest BCUT2D eigenvalue weighted by molar-refractivity contribution is 0.399. The Morgan fingerprint density at radius 2 is 1.94 bits per heavy atom. The van der Waals surface area contributed by atoms with E-state index in [0.717, 1.165) is 0 Å². The summed E-state index contributed by atoms with van der Waals surface area (Å²) in [6, 6.07) is 4.70. The van der Waals surface area contributed by atoms with Crippen LogP contribution in [0.5, 0.6) is 0 Å². The van der Waals surface area contributed by atoms with Gasteiger partial charge in [-0.1, -0.05) is 15.9 Å². The molecular weight excluding hydrogens is 285 g/mol. The first kappa shape index (κ1) is 12.2. The van der Waals surface area contributed by atoms with Gasteiger partial charge in [0.1, 0.15) is 12.1 Å². The van der Waals surface area contributed by atoms with E-state index in [4.69, 9.17) is 0 Å². The summed E-state index contributed by atoms with van der Waals surface area (Å²) >= 11 is 3.28. The van der Waals surface area contributed by atoms with E-state index in [0.29, 0.717) is 15.9 Å². The summed E-state index contributed by atoms with van der Waals surface area (Å²) < 4.78 is 16.0. The van der Waals surface area contributed by atoms with E-state index in [1.807, 2.05) is 31.4 Å². The highest BCUT2D eigenvalue weighted by Gasteiger charge is 2.19. The molecule has 3 nitrogen and oxygen atoms in total. The van der Waals surface area contributed by atoms with Crippen LogP contribution in [0.25, 0.3) is 11.4 Å². The molecule has 0 N–H and O–H groups in total. The van der Waals surface area contributed by atoms with Crippen molar-refractivity contribution in [1.29, 1.82) is 0 Å². The van der Waals surface area contributed by atoms with Gasteiger partial charge in [0.05, 0.1) is 0 Å². The maximum atomic E-state index is 13.4. The number of aromatic nitrogens is 3. The first-order chi connectivity index (χ1) is 7.88. The SMILES string of the molecule is CC(C)(C)n1cnnc1-c1cc(F)cc(Br)c1. The van der Waals surface area contributed by atoms with Gasteiger partial charge in [0.15, 0.2) is 5.82 Å². The summed E-state index contributed by atoms with van der Waals surface area (Å²) in [5.74, 6) is 0.371. The fraction of sp³-hybridized carbons (Fsp3) is 0.333. The molecule has 2 aromatic rings. The van der Waals surface area contributed by atoms with E-state index < -0.39 is 0 Å². The standard InChI is InChI=1S/C12H13BrFN3/c1-12(2,3)17-7-15-16-11(17)8-4-9(13)6-10(14)5-8/h4-7H,1-3H3. The van der Waals surface area contributed by atoms with Crippen molar-refractivity contribution in [2.75, 3.05) is 0 Å². The number of nitrogens with zero attached hydrogens (tertiary/aromatic N) is 3. The predicted molar refractivity (Wildman–Crippen MR) is 68.1 cm³/mol. The Labute approximate surface area is 108 Å². The van der Waals surface area contributed by atoms with E-state index in [1.54, 1.807) is 6.33 Å². The van der Waals surface area contributed by atoms with Gasteiger partial charge in [-0.3, -0.25) is 0 Å². The van der Waals surface area contributed by atoms with Crippen LogP contribution in [0.1, 0.15) is 20.8 Å². The molecule has 5 heteroatoms. The number of hydrogen-bond acceptors (Lipinski definition) is 2. The van der Waals surface area contributed by atoms with Crippen molar-refractivity contribution in [3.63, 3.8) is 0 Å². The Balaban J connectivity index is 2.57. The monoisotopic (exact) mass is 297 g/mol. The summed E-state index contributed by atoms with van der Waals surface area (Å²) in [7, 11) is 0. The van der Waals surface area contributed by atoms with Gasteiger partial charge in [0.25, 0.3) is 0 Å². The van der Waals surface area contributed by atoms with E-state index in [9.17, 15) is 4.39 Å². The molecule has 1 heterocycles. The third-order valence-corrected chi connectivity index (χ3v) is 2.85. The molecule has 0 amide bonds. The lowest BCUT2D eigenvalue weighted by atomic mass is 10.1. The molecule has 0 unspecified atom stereocenters. The van der Waals surface area contributed by atoms with Crippen LogP contribution >= 0.6 is 15.9 Å². The average Bonchev–Trinajstić information content (AvgIpc) is 2.63. The van der Waals surface area contributed by atoms with Crippen LogP contribution < -0.4 is 0 Å². The van der Waals surface area contributed by atoms with Crippen molar-refractivity contribution in [1.82, 2.24) is 14.8 Å². The molecule has 0 bridgehead atoms. The first-order valence-electron chi connectivity index (χ1n) is 5.25. The lowest BCUT2D eigenvalue weighted by Gasteiger charge is -2.22. The number of benzene rings is 1. The Kier molecular flexibility index (Phi) is 3.03. The van der Waals surface area contributed by atoms with Crippen LogP contribution in [0.4, 0.5) is 4.39 Å². The molecule has 17 heavy (non-hydrogen) atoms. The number of hydrogen-bond donors (Lipinski definition) is 0. The Morgan fingerprint density at radius 3 is 2.53 bits per heavy atom. The highest BCUT2D eigenvalue weighted by atomic mass is 79.9. The minimum absolute atomic E-state index is 0.141. The van der Waals surface area contributed by atoms with Gasteiger partial charge in [-0.15, -0.1) is 10.2 Å². The van der Waals surface area contributed by atoms with Gasteiger partial charge in [-0.05, 0) is 39.0 Å². The number of rotatable bonds is 1. The second kappa shape index (κ2) is 4.22. The van der Waals surface area contributed by atoms with Gasteiger partial charge in [-0.25, -0.2) is 4.39 Å². The minimum Gasteiger partial charge on any atom is -0.308 e. The van der Waals surface area contributed by atoms with Crippen LogP contribution in [0, 0.1) is 5.82 Å². The molecule has 0 aliphatic heterocycles. The second-order valence-electron chi connectivity index (χ2n) is 4.85. The van der Waals surface area contributed by atoms with Crippen molar-refractivity contribution < 1.29 is 4.39 Å². The molecule has 2 rings (SSSR count). The summed E-state index contributed by atoms with van der Waals surface area (Å²) in [6.45, 7) is 6.15. The first-order valence-corrected chi connectivity index (χ1v) is 6.04. The van der Waals surface area contributed by atoms with Crippen LogP contribution in [-0.2, 0) is 5.54 Å². The van der Waals surface area contributed by atoms with E-state index in [1.165, 1.54) is 12.1 Å². The Morgan fingerprint density at radius 1 is 1.24 bits per heavy atom. The molecule has 0 aliphatic carbocycles. The van der Waals surface area contributed by atoms with Gasteiger partial charge >= 0.3 is 0 Å². The Hall–Kier alpha value is -1.23. The van der Waals surface area contributed by atoms with E-state index >= 15 is 0 Å². The quantitative estimate of drug-likeness (QED) is 0.805. The molecule has 0 aliphatic rings. The van der Waals surface area contributed by atoms with Gasteiger partial charge in [0.2, 0.25) is 0 Å². The van der Waals surface area contributed by atoms with Crippen molar-refractivity contribution in [3.05, 3.63) is 34.8 Å². The van der Waals surface area contributed by atoms with Crippen LogP contribution in [0.2, 0.25) is 0 Å². The molecule has 0 atom stereocenters. The summed E-state index contributed by atoms with van der Waals surface area (Å²) in [4.78, 5) is 0. The summed E-state index contributed by atoms with van der Waals surface area (Å²) in [6.07, 6.45) is 1.66. The molecule has 0 spiro atoms. The molecule has 1 aromatic heterocycles. The highest BCUT2D eigenvalue weighted by molar-refractivity contribution is 9.10. The van der Waals surface area contributed by atoms with Gasteiger partial charge in [0, 0.05) is 15.6 Å². The molecule has 0 radical (unpaired) electrons. The van der Waals surface area contributed by atoms with Gasteiger partial charge < -0.3 is 4.57 Å². The molecule has 0 fully saturated rings. The van der Waals surface area contributed by atoms with Crippen molar-refractivity contribution in [2.24, 2.45) is 0 Å². The molecule has 0 saturated heterocycles. The largest absolute Gasteiger partial charge is 0.308 e. The Bertz CT molecular complexity index is 523. The second-order valence-corrected chi connectivity index (χ2v) is 5.77. The van der Waals surface area contributed by atoms with Crippen molar-refractivity contribution >= 4 is 15.9 Å². The molecule has 90 valence electrons. The molecule has 1 aromatic carbocycles. The number of halogens is 2. The van der Waals surface area contributed by atoms with Crippen molar-refractivity contribution in [2.45, 2.75) is 26.3 Å². The molecular formula is C12H13BrFN3. The maximum Gasteiger partial charge on any atom is 0.164 e. The smallest absolute Gasteiger partial charge is 0.164 e. The average molecular weight is 298 g/mol. The van der Waals surface area contributed by atoms with Crippen molar-refractivity contribution in [3.8, 4) is 11.4 Å². The van der Waals surface area contributed by atoms with Crippen LogP contribution in [-0.4, -0.2) is 14.8 Å². The van der Waals surface area contributed by atoms with Gasteiger partial charge in [-0.2, -0.15) is 0 Å². The molecule has 0 saturated carbocycles. The normalized spacial score (nSPS) is 11.8.